The summed E-state index contributed by atoms with van der Waals surface area (Å²) in [6.45, 7) is 5.65. The molecule has 0 saturated heterocycles. The molecule has 0 spiro atoms. The Kier molecular flexibility index (Phi) is 5.44. The molecule has 0 aliphatic heterocycles. The maximum absolute atomic E-state index is 14.1. The first-order chi connectivity index (χ1) is 8.02. The number of halogens is 2. The smallest absolute Gasteiger partial charge is 0.330 e. The van der Waals surface area contributed by atoms with Crippen LogP contribution in [-0.2, 0) is 14.7 Å². The van der Waals surface area contributed by atoms with Gasteiger partial charge in [-0.15, -0.1) is 0 Å². The average Bonchev–Trinajstić information content (AvgIpc) is 2.29. The molecule has 0 aromatic heterocycles. The van der Waals surface area contributed by atoms with Crippen LogP contribution >= 0.6 is 8.38 Å². The van der Waals surface area contributed by atoms with Crippen molar-refractivity contribution in [2.45, 2.75) is 26.4 Å². The second kappa shape index (κ2) is 6.39. The minimum absolute atomic E-state index is 0.0592. The Hall–Kier alpha value is -0.570. The summed E-state index contributed by atoms with van der Waals surface area (Å²) in [6, 6.07) is 6.16. The fourth-order valence-corrected chi connectivity index (χ4v) is 2.52. The molecule has 17 heavy (non-hydrogen) atoms. The minimum Gasteiger partial charge on any atom is -0.330 e. The molecule has 1 rings (SSSR count). The van der Waals surface area contributed by atoms with Gasteiger partial charge in [0, 0.05) is 5.56 Å². The molecule has 0 fully saturated rings. The van der Waals surface area contributed by atoms with Gasteiger partial charge in [0.15, 0.2) is 0 Å². The Bertz CT molecular complexity index is 335. The average molecular weight is 262 g/mol. The standard InChI is InChI=1S/C12H17F2O2P/c1-4-15-17(16-5-2)12(13,14)11-8-6-10(3)7-9-11/h6-9H,4-5H2,1-3H3. The van der Waals surface area contributed by atoms with E-state index in [1.165, 1.54) is 12.1 Å². The van der Waals surface area contributed by atoms with Crippen LogP contribution in [0, 0.1) is 6.92 Å². The third kappa shape index (κ3) is 3.70. The van der Waals surface area contributed by atoms with Crippen molar-refractivity contribution in [3.63, 3.8) is 0 Å². The first-order valence-electron chi connectivity index (χ1n) is 5.53. The highest BCUT2D eigenvalue weighted by Crippen LogP contribution is 2.59. The van der Waals surface area contributed by atoms with Crippen molar-refractivity contribution >= 4 is 8.38 Å². The van der Waals surface area contributed by atoms with Gasteiger partial charge < -0.3 is 9.05 Å². The Balaban J connectivity index is 2.93. The lowest BCUT2D eigenvalue weighted by atomic mass is 10.2. The summed E-state index contributed by atoms with van der Waals surface area (Å²) in [6.07, 6.45) is 0. The first kappa shape index (κ1) is 14.5. The summed E-state index contributed by atoms with van der Waals surface area (Å²) in [7, 11) is -2.22. The highest BCUT2D eigenvalue weighted by atomic mass is 31.2. The van der Waals surface area contributed by atoms with Gasteiger partial charge in [-0.25, -0.2) is 0 Å². The van der Waals surface area contributed by atoms with E-state index >= 15 is 0 Å². The largest absolute Gasteiger partial charge is 0.339 e. The van der Waals surface area contributed by atoms with Gasteiger partial charge >= 0.3 is 5.66 Å². The summed E-state index contributed by atoms with van der Waals surface area (Å²) in [5.41, 5.74) is -2.19. The van der Waals surface area contributed by atoms with Crippen molar-refractivity contribution in [3.8, 4) is 0 Å². The molecule has 0 heterocycles. The van der Waals surface area contributed by atoms with E-state index in [-0.39, 0.29) is 18.8 Å². The van der Waals surface area contributed by atoms with Gasteiger partial charge in [-0.05, 0) is 20.8 Å². The van der Waals surface area contributed by atoms with Crippen molar-refractivity contribution in [2.75, 3.05) is 13.2 Å². The maximum Gasteiger partial charge on any atom is 0.339 e. The molecule has 0 aliphatic rings. The van der Waals surface area contributed by atoms with Gasteiger partial charge in [0.05, 0.1) is 13.2 Å². The van der Waals surface area contributed by atoms with Crippen LogP contribution in [0.15, 0.2) is 24.3 Å². The number of alkyl halides is 2. The molecule has 0 aliphatic carbocycles. The lowest BCUT2D eigenvalue weighted by molar-refractivity contribution is 0.0570. The predicted octanol–water partition coefficient (Wildman–Crippen LogP) is 4.43. The predicted molar refractivity (Wildman–Crippen MR) is 65.2 cm³/mol. The molecule has 2 nitrogen and oxygen atoms in total. The van der Waals surface area contributed by atoms with Gasteiger partial charge in [-0.3, -0.25) is 0 Å². The summed E-state index contributed by atoms with van der Waals surface area (Å²) in [5.74, 6) is 0. The van der Waals surface area contributed by atoms with Crippen molar-refractivity contribution in [3.05, 3.63) is 35.4 Å². The molecule has 0 bridgehead atoms. The van der Waals surface area contributed by atoms with Gasteiger partial charge in [-0.1, -0.05) is 29.8 Å². The zero-order valence-electron chi connectivity index (χ0n) is 10.2. The normalized spacial score (nSPS) is 12.1. The van der Waals surface area contributed by atoms with Crippen LogP contribution in [0.2, 0.25) is 0 Å². The SMILES string of the molecule is CCOP(OCC)C(F)(F)c1ccc(C)cc1. The molecule has 1 aromatic carbocycles. The summed E-state index contributed by atoms with van der Waals surface area (Å²) >= 11 is 0. The van der Waals surface area contributed by atoms with Gasteiger partial charge in [0.25, 0.3) is 8.38 Å². The molecule has 0 atom stereocenters. The highest BCUT2D eigenvalue weighted by molar-refractivity contribution is 7.48. The second-order valence-electron chi connectivity index (χ2n) is 3.50. The lowest BCUT2D eigenvalue weighted by Crippen LogP contribution is -2.14. The van der Waals surface area contributed by atoms with E-state index in [2.05, 4.69) is 0 Å². The topological polar surface area (TPSA) is 18.5 Å². The first-order valence-corrected chi connectivity index (χ1v) is 6.71. The fraction of sp³-hybridized carbons (Fsp3) is 0.500. The quantitative estimate of drug-likeness (QED) is 0.706. The van der Waals surface area contributed by atoms with Crippen molar-refractivity contribution in [1.82, 2.24) is 0 Å². The van der Waals surface area contributed by atoms with E-state index in [0.29, 0.717) is 0 Å². The highest BCUT2D eigenvalue weighted by Gasteiger charge is 2.44. The number of rotatable bonds is 6. The molecular formula is C12H17F2O2P. The Morgan fingerprint density at radius 2 is 1.53 bits per heavy atom. The molecule has 96 valence electrons. The van der Waals surface area contributed by atoms with E-state index < -0.39 is 14.0 Å². The van der Waals surface area contributed by atoms with E-state index in [9.17, 15) is 8.78 Å². The molecule has 0 amide bonds. The monoisotopic (exact) mass is 262 g/mol. The van der Waals surface area contributed by atoms with Crippen LogP contribution < -0.4 is 0 Å². The van der Waals surface area contributed by atoms with Gasteiger partial charge in [-0.2, -0.15) is 8.78 Å². The third-order valence-corrected chi connectivity index (χ3v) is 3.82. The van der Waals surface area contributed by atoms with Crippen LogP contribution in [0.3, 0.4) is 0 Å². The zero-order valence-corrected chi connectivity index (χ0v) is 11.1. The van der Waals surface area contributed by atoms with Crippen LogP contribution in [-0.4, -0.2) is 13.2 Å². The fourth-order valence-electron chi connectivity index (χ4n) is 1.29. The van der Waals surface area contributed by atoms with E-state index in [0.717, 1.165) is 5.56 Å². The van der Waals surface area contributed by atoms with Gasteiger partial charge in [0.1, 0.15) is 0 Å². The van der Waals surface area contributed by atoms with E-state index in [1.807, 2.05) is 6.92 Å². The van der Waals surface area contributed by atoms with Crippen LogP contribution in [0.4, 0.5) is 8.78 Å². The zero-order chi connectivity index (χ0) is 12.9. The Labute approximate surface area is 102 Å². The molecule has 0 unspecified atom stereocenters. The summed E-state index contributed by atoms with van der Waals surface area (Å²) in [4.78, 5) is 0. The number of hydrogen-bond acceptors (Lipinski definition) is 2. The van der Waals surface area contributed by atoms with Crippen LogP contribution in [0.1, 0.15) is 25.0 Å². The minimum atomic E-state index is -3.07. The third-order valence-electron chi connectivity index (χ3n) is 2.12. The molecule has 5 heteroatoms. The maximum atomic E-state index is 14.1. The number of aryl methyl sites for hydroxylation is 1. The number of benzene rings is 1. The lowest BCUT2D eigenvalue weighted by Gasteiger charge is -2.25. The Morgan fingerprint density at radius 3 is 1.94 bits per heavy atom. The van der Waals surface area contributed by atoms with Crippen LogP contribution in [0.5, 0.6) is 0 Å². The van der Waals surface area contributed by atoms with Crippen molar-refractivity contribution < 1.29 is 17.8 Å². The van der Waals surface area contributed by atoms with Crippen molar-refractivity contribution in [1.29, 1.82) is 0 Å². The number of hydrogen-bond donors (Lipinski definition) is 0. The molecule has 0 radical (unpaired) electrons. The molecule has 1 aromatic rings. The van der Waals surface area contributed by atoms with Crippen LogP contribution in [0.25, 0.3) is 0 Å². The molecule has 0 N–H and O–H groups in total. The second-order valence-corrected chi connectivity index (χ2v) is 5.09. The summed E-state index contributed by atoms with van der Waals surface area (Å²) in [5, 5.41) is 0. The van der Waals surface area contributed by atoms with E-state index in [4.69, 9.17) is 9.05 Å². The van der Waals surface area contributed by atoms with Crippen molar-refractivity contribution in [2.24, 2.45) is 0 Å². The molecule has 0 saturated carbocycles. The summed E-state index contributed by atoms with van der Waals surface area (Å²) < 4.78 is 38.3. The Morgan fingerprint density at radius 1 is 1.06 bits per heavy atom. The molecular weight excluding hydrogens is 245 g/mol. The van der Waals surface area contributed by atoms with E-state index in [1.54, 1.807) is 26.0 Å². The van der Waals surface area contributed by atoms with Gasteiger partial charge in [0.2, 0.25) is 0 Å².